The van der Waals surface area contributed by atoms with Crippen molar-refractivity contribution in [3.8, 4) is 0 Å². The number of carbonyl (C=O) groups is 2. The Balaban J connectivity index is 2.06. The molecule has 1 unspecified atom stereocenters. The average Bonchev–Trinajstić information content (AvgIpc) is 2.89. The zero-order chi connectivity index (χ0) is 27.9. The van der Waals surface area contributed by atoms with E-state index in [-0.39, 0.29) is 17.3 Å². The van der Waals surface area contributed by atoms with Crippen LogP contribution in [0.5, 0.6) is 0 Å². The molecule has 0 aliphatic heterocycles. The maximum absolute atomic E-state index is 14.0. The number of nitrogens with zero attached hydrogens (tertiary/aromatic N) is 2. The Kier molecular flexibility index (Phi) is 9.94. The number of amides is 2. The van der Waals surface area contributed by atoms with Crippen molar-refractivity contribution in [2.45, 2.75) is 51.6 Å². The predicted octanol–water partition coefficient (Wildman–Crippen LogP) is 5.10. The van der Waals surface area contributed by atoms with Crippen LogP contribution in [0.3, 0.4) is 0 Å². The van der Waals surface area contributed by atoms with Crippen LogP contribution >= 0.6 is 11.6 Å². The first-order valence-corrected chi connectivity index (χ1v) is 14.4. The molecule has 0 heterocycles. The van der Waals surface area contributed by atoms with Crippen molar-refractivity contribution < 1.29 is 18.0 Å². The van der Waals surface area contributed by atoms with Gasteiger partial charge in [-0.2, -0.15) is 0 Å². The lowest BCUT2D eigenvalue weighted by Gasteiger charge is -2.33. The molecular formula is C29H34ClN3O4S. The minimum Gasteiger partial charge on any atom is -0.355 e. The minimum absolute atomic E-state index is 0.0826. The first-order chi connectivity index (χ1) is 18.1. The molecule has 7 nitrogen and oxygen atoms in total. The second kappa shape index (κ2) is 12.9. The maximum Gasteiger partial charge on any atom is 0.264 e. The molecule has 202 valence electrons. The van der Waals surface area contributed by atoms with E-state index in [4.69, 9.17) is 11.6 Å². The van der Waals surface area contributed by atoms with Crippen molar-refractivity contribution in [1.82, 2.24) is 10.2 Å². The quantitative estimate of drug-likeness (QED) is 0.357. The lowest BCUT2D eigenvalue weighted by atomic mass is 10.1. The van der Waals surface area contributed by atoms with E-state index in [0.717, 1.165) is 15.4 Å². The minimum atomic E-state index is -4.10. The summed E-state index contributed by atoms with van der Waals surface area (Å²) in [5.41, 5.74) is 2.80. The van der Waals surface area contributed by atoms with Gasteiger partial charge in [0.1, 0.15) is 12.6 Å². The molecule has 0 saturated carbocycles. The van der Waals surface area contributed by atoms with Gasteiger partial charge in [0.2, 0.25) is 11.8 Å². The van der Waals surface area contributed by atoms with Gasteiger partial charge in [0, 0.05) is 18.1 Å². The van der Waals surface area contributed by atoms with Gasteiger partial charge < -0.3 is 10.2 Å². The number of anilines is 1. The highest BCUT2D eigenvalue weighted by Gasteiger charge is 2.34. The molecule has 0 spiro atoms. The monoisotopic (exact) mass is 555 g/mol. The lowest BCUT2D eigenvalue weighted by Crippen LogP contribution is -2.52. The molecule has 1 N–H and O–H groups in total. The summed E-state index contributed by atoms with van der Waals surface area (Å²) < 4.78 is 28.9. The van der Waals surface area contributed by atoms with Crippen molar-refractivity contribution in [3.05, 3.63) is 94.5 Å². The predicted molar refractivity (Wildman–Crippen MR) is 152 cm³/mol. The van der Waals surface area contributed by atoms with Crippen LogP contribution in [-0.4, -0.2) is 44.3 Å². The highest BCUT2D eigenvalue weighted by molar-refractivity contribution is 7.92. The Morgan fingerprint density at radius 2 is 1.55 bits per heavy atom. The topological polar surface area (TPSA) is 86.8 Å². The molecule has 0 bridgehead atoms. The van der Waals surface area contributed by atoms with E-state index < -0.39 is 28.5 Å². The summed E-state index contributed by atoms with van der Waals surface area (Å²) in [6.45, 7) is 7.37. The van der Waals surface area contributed by atoms with Crippen LogP contribution in [0.15, 0.2) is 77.7 Å². The highest BCUT2D eigenvalue weighted by atomic mass is 35.5. The Morgan fingerprint density at radius 3 is 2.13 bits per heavy atom. The summed E-state index contributed by atoms with van der Waals surface area (Å²) in [6, 6.07) is 19.8. The number of benzene rings is 3. The van der Waals surface area contributed by atoms with E-state index in [9.17, 15) is 18.0 Å². The second-order valence-corrected chi connectivity index (χ2v) is 11.4. The number of nitrogens with one attached hydrogen (secondary N) is 1. The molecule has 3 aromatic rings. The first-order valence-electron chi connectivity index (χ1n) is 12.5. The van der Waals surface area contributed by atoms with E-state index in [1.165, 1.54) is 17.0 Å². The van der Waals surface area contributed by atoms with Gasteiger partial charge in [0.05, 0.1) is 10.6 Å². The summed E-state index contributed by atoms with van der Waals surface area (Å²) in [5.74, 6) is -0.780. The van der Waals surface area contributed by atoms with Gasteiger partial charge in [-0.05, 0) is 68.7 Å². The van der Waals surface area contributed by atoms with Gasteiger partial charge in [-0.15, -0.1) is 0 Å². The van der Waals surface area contributed by atoms with Crippen LogP contribution in [0.4, 0.5) is 5.69 Å². The van der Waals surface area contributed by atoms with Crippen molar-refractivity contribution in [1.29, 1.82) is 0 Å². The number of halogens is 1. The molecule has 9 heteroatoms. The standard InChI is InChI=1S/C29H34ClN3O4S/c1-5-26(29(35)31-6-2)32(19-23-13-15-24(30)16-14-23)28(34)20-33(27-10-8-7-9-22(27)4)38(36,37)25-17-11-21(3)12-18-25/h7-18,26H,5-6,19-20H2,1-4H3,(H,31,35). The van der Waals surface area contributed by atoms with Crippen molar-refractivity contribution >= 4 is 39.1 Å². The average molecular weight is 556 g/mol. The Morgan fingerprint density at radius 1 is 0.921 bits per heavy atom. The number of carbonyl (C=O) groups excluding carboxylic acids is 2. The zero-order valence-electron chi connectivity index (χ0n) is 22.1. The molecule has 0 radical (unpaired) electrons. The normalized spacial score (nSPS) is 12.0. The van der Waals surface area contributed by atoms with Gasteiger partial charge >= 0.3 is 0 Å². The van der Waals surface area contributed by atoms with E-state index in [2.05, 4.69) is 5.32 Å². The van der Waals surface area contributed by atoms with E-state index >= 15 is 0 Å². The zero-order valence-corrected chi connectivity index (χ0v) is 23.7. The fraction of sp³-hybridized carbons (Fsp3) is 0.310. The maximum atomic E-state index is 14.0. The van der Waals surface area contributed by atoms with E-state index in [1.54, 1.807) is 61.5 Å². The Labute approximate surface area is 230 Å². The number of para-hydroxylation sites is 1. The SMILES string of the molecule is CCNC(=O)C(CC)N(Cc1ccc(Cl)cc1)C(=O)CN(c1ccccc1C)S(=O)(=O)c1ccc(C)cc1. The van der Waals surface area contributed by atoms with Crippen LogP contribution in [0.1, 0.15) is 37.0 Å². The van der Waals surface area contributed by atoms with Crippen molar-refractivity contribution in [3.63, 3.8) is 0 Å². The van der Waals surface area contributed by atoms with E-state index in [0.29, 0.717) is 29.2 Å². The van der Waals surface area contributed by atoms with Crippen molar-refractivity contribution in [2.24, 2.45) is 0 Å². The van der Waals surface area contributed by atoms with Crippen LogP contribution in [0, 0.1) is 13.8 Å². The summed E-state index contributed by atoms with van der Waals surface area (Å²) in [5, 5.41) is 3.35. The molecule has 0 aliphatic rings. The fourth-order valence-corrected chi connectivity index (χ4v) is 5.80. The van der Waals surface area contributed by atoms with Crippen LogP contribution in [-0.2, 0) is 26.2 Å². The van der Waals surface area contributed by atoms with Crippen LogP contribution in [0.2, 0.25) is 5.02 Å². The van der Waals surface area contributed by atoms with Crippen molar-refractivity contribution in [2.75, 3.05) is 17.4 Å². The Hall–Kier alpha value is -3.36. The van der Waals surface area contributed by atoms with Gasteiger partial charge in [-0.25, -0.2) is 8.42 Å². The summed E-state index contributed by atoms with van der Waals surface area (Å²) >= 11 is 6.04. The third-order valence-corrected chi connectivity index (χ3v) is 8.30. The molecule has 0 aromatic heterocycles. The van der Waals surface area contributed by atoms with Crippen LogP contribution in [0.25, 0.3) is 0 Å². The molecule has 38 heavy (non-hydrogen) atoms. The van der Waals surface area contributed by atoms with Crippen LogP contribution < -0.4 is 9.62 Å². The lowest BCUT2D eigenvalue weighted by molar-refractivity contribution is -0.140. The number of aryl methyl sites for hydroxylation is 2. The van der Waals surface area contributed by atoms with Gasteiger partial charge in [0.25, 0.3) is 10.0 Å². The molecule has 0 saturated heterocycles. The van der Waals surface area contributed by atoms with E-state index in [1.807, 2.05) is 26.8 Å². The summed E-state index contributed by atoms with van der Waals surface area (Å²) in [7, 11) is -4.10. The Bertz CT molecular complexity index is 1360. The third kappa shape index (κ3) is 6.94. The third-order valence-electron chi connectivity index (χ3n) is 6.28. The largest absolute Gasteiger partial charge is 0.355 e. The van der Waals surface area contributed by atoms with Gasteiger partial charge in [-0.1, -0.05) is 66.6 Å². The highest BCUT2D eigenvalue weighted by Crippen LogP contribution is 2.28. The molecule has 0 fully saturated rings. The van der Waals surface area contributed by atoms with Gasteiger partial charge in [0.15, 0.2) is 0 Å². The number of hydrogen-bond acceptors (Lipinski definition) is 4. The number of rotatable bonds is 11. The van der Waals surface area contributed by atoms with Gasteiger partial charge in [-0.3, -0.25) is 13.9 Å². The second-order valence-electron chi connectivity index (χ2n) is 9.08. The molecule has 2 amide bonds. The molecular weight excluding hydrogens is 522 g/mol. The fourth-order valence-electron chi connectivity index (χ4n) is 4.19. The molecule has 3 rings (SSSR count). The number of sulfonamides is 1. The molecule has 1 atom stereocenters. The first kappa shape index (κ1) is 29.2. The molecule has 3 aromatic carbocycles. The molecule has 0 aliphatic carbocycles. The summed E-state index contributed by atoms with van der Waals surface area (Å²) in [6.07, 6.45) is 0.361. The smallest absolute Gasteiger partial charge is 0.264 e. The number of likely N-dealkylation sites (N-methyl/N-ethyl adjacent to an activating group) is 1. The summed E-state index contributed by atoms with van der Waals surface area (Å²) in [4.78, 5) is 28.5. The number of hydrogen-bond donors (Lipinski definition) is 1.